The summed E-state index contributed by atoms with van der Waals surface area (Å²) in [7, 11) is 0. The molecule has 2 aliphatic heterocycles. The Labute approximate surface area is 181 Å². The van der Waals surface area contributed by atoms with Gasteiger partial charge < -0.3 is 14.8 Å². The van der Waals surface area contributed by atoms with Gasteiger partial charge in [0.15, 0.2) is 11.7 Å². The SMILES string of the molecule is O=C(CN1C(=O)COc2ccc(Cl)cc21)Nc1nc(-c2ccc3c(c2)CCO3)cs1. The number of benzene rings is 2. The highest BCUT2D eigenvalue weighted by Gasteiger charge is 2.28. The van der Waals surface area contributed by atoms with Crippen LogP contribution < -0.4 is 19.7 Å². The molecule has 2 aliphatic rings. The van der Waals surface area contributed by atoms with E-state index in [1.54, 1.807) is 18.2 Å². The first-order valence-corrected chi connectivity index (χ1v) is 10.6. The van der Waals surface area contributed by atoms with Gasteiger partial charge in [0.05, 0.1) is 18.0 Å². The molecule has 0 saturated carbocycles. The number of nitrogens with one attached hydrogen (secondary N) is 1. The van der Waals surface area contributed by atoms with Crippen molar-refractivity contribution in [3.8, 4) is 22.8 Å². The van der Waals surface area contributed by atoms with Gasteiger partial charge in [-0.2, -0.15) is 0 Å². The van der Waals surface area contributed by atoms with E-state index in [2.05, 4.69) is 16.4 Å². The number of nitrogens with zero attached hydrogens (tertiary/aromatic N) is 2. The van der Waals surface area contributed by atoms with E-state index in [4.69, 9.17) is 21.1 Å². The zero-order chi connectivity index (χ0) is 20.7. The topological polar surface area (TPSA) is 80.8 Å². The normalized spacial score (nSPS) is 14.6. The lowest BCUT2D eigenvalue weighted by Crippen LogP contribution is -2.43. The number of thiazole rings is 1. The molecule has 0 spiro atoms. The van der Waals surface area contributed by atoms with Crippen LogP contribution in [0.2, 0.25) is 5.02 Å². The quantitative estimate of drug-likeness (QED) is 0.666. The van der Waals surface area contributed by atoms with Gasteiger partial charge in [-0.1, -0.05) is 11.6 Å². The van der Waals surface area contributed by atoms with Crippen LogP contribution >= 0.6 is 22.9 Å². The molecule has 30 heavy (non-hydrogen) atoms. The van der Waals surface area contributed by atoms with Gasteiger partial charge in [-0.05, 0) is 42.0 Å². The van der Waals surface area contributed by atoms with Crippen molar-refractivity contribution in [3.63, 3.8) is 0 Å². The third-order valence-corrected chi connectivity index (χ3v) is 5.89. The summed E-state index contributed by atoms with van der Waals surface area (Å²) in [5.41, 5.74) is 3.40. The number of ether oxygens (including phenoxy) is 2. The molecule has 3 heterocycles. The minimum Gasteiger partial charge on any atom is -0.493 e. The summed E-state index contributed by atoms with van der Waals surface area (Å²) in [4.78, 5) is 30.8. The lowest BCUT2D eigenvalue weighted by atomic mass is 10.1. The highest BCUT2D eigenvalue weighted by Crippen LogP contribution is 2.35. The zero-order valence-corrected chi connectivity index (χ0v) is 17.3. The van der Waals surface area contributed by atoms with Crippen LogP contribution in [0.25, 0.3) is 11.3 Å². The van der Waals surface area contributed by atoms with Gasteiger partial charge in [0.1, 0.15) is 18.0 Å². The molecule has 9 heteroatoms. The van der Waals surface area contributed by atoms with E-state index >= 15 is 0 Å². The molecule has 152 valence electrons. The van der Waals surface area contributed by atoms with Crippen LogP contribution in [0, 0.1) is 0 Å². The van der Waals surface area contributed by atoms with Crippen LogP contribution in [0.15, 0.2) is 41.8 Å². The third kappa shape index (κ3) is 3.59. The summed E-state index contributed by atoms with van der Waals surface area (Å²) >= 11 is 7.38. The van der Waals surface area contributed by atoms with Gasteiger partial charge in [0.2, 0.25) is 5.91 Å². The van der Waals surface area contributed by atoms with Crippen molar-refractivity contribution >= 4 is 45.6 Å². The van der Waals surface area contributed by atoms with Gasteiger partial charge in [-0.3, -0.25) is 14.5 Å². The summed E-state index contributed by atoms with van der Waals surface area (Å²) in [6.45, 7) is 0.428. The molecule has 1 N–H and O–H groups in total. The molecular formula is C21H16ClN3O4S. The fourth-order valence-electron chi connectivity index (χ4n) is 3.46. The summed E-state index contributed by atoms with van der Waals surface area (Å²) in [5, 5.41) is 5.60. The van der Waals surface area contributed by atoms with E-state index in [9.17, 15) is 9.59 Å². The van der Waals surface area contributed by atoms with Gasteiger partial charge >= 0.3 is 0 Å². The first-order chi connectivity index (χ1) is 14.6. The van der Waals surface area contributed by atoms with Gasteiger partial charge in [-0.15, -0.1) is 11.3 Å². The minimum absolute atomic E-state index is 0.120. The average Bonchev–Trinajstić information content (AvgIpc) is 3.39. The molecule has 0 bridgehead atoms. The molecule has 2 amide bonds. The van der Waals surface area contributed by atoms with Crippen molar-refractivity contribution in [3.05, 3.63) is 52.4 Å². The van der Waals surface area contributed by atoms with Crippen LogP contribution in [0.5, 0.6) is 11.5 Å². The molecule has 0 atom stereocenters. The molecular weight excluding hydrogens is 426 g/mol. The smallest absolute Gasteiger partial charge is 0.265 e. The lowest BCUT2D eigenvalue weighted by molar-refractivity contribution is -0.123. The zero-order valence-electron chi connectivity index (χ0n) is 15.7. The second-order valence-corrected chi connectivity index (χ2v) is 8.18. The van der Waals surface area contributed by atoms with Crippen LogP contribution in [-0.2, 0) is 16.0 Å². The van der Waals surface area contributed by atoms with Gasteiger partial charge in [0, 0.05) is 22.4 Å². The van der Waals surface area contributed by atoms with Crippen molar-refractivity contribution in [2.45, 2.75) is 6.42 Å². The Kier molecular flexibility index (Phi) is 4.80. The summed E-state index contributed by atoms with van der Waals surface area (Å²) in [6.07, 6.45) is 0.885. The monoisotopic (exact) mass is 441 g/mol. The lowest BCUT2D eigenvalue weighted by Gasteiger charge is -2.28. The number of carbonyl (C=O) groups is 2. The Hall–Kier alpha value is -3.10. The summed E-state index contributed by atoms with van der Waals surface area (Å²) in [5.74, 6) is 0.779. The van der Waals surface area contributed by atoms with Crippen LogP contribution in [0.3, 0.4) is 0 Å². The first-order valence-electron chi connectivity index (χ1n) is 9.31. The van der Waals surface area contributed by atoms with Crippen LogP contribution in [0.4, 0.5) is 10.8 Å². The molecule has 0 saturated heterocycles. The maximum absolute atomic E-state index is 12.6. The Balaban J connectivity index is 1.30. The predicted octanol–water partition coefficient (Wildman–Crippen LogP) is 3.76. The molecule has 0 unspecified atom stereocenters. The van der Waals surface area contributed by atoms with E-state index in [-0.39, 0.29) is 25.0 Å². The largest absolute Gasteiger partial charge is 0.493 e. The number of anilines is 2. The number of carbonyl (C=O) groups excluding carboxylic acids is 2. The molecule has 0 fully saturated rings. The molecule has 2 aromatic carbocycles. The molecule has 1 aromatic heterocycles. The summed E-state index contributed by atoms with van der Waals surface area (Å²) in [6, 6.07) is 10.9. The molecule has 0 radical (unpaired) electrons. The van der Waals surface area contributed by atoms with Crippen molar-refractivity contribution in [1.29, 1.82) is 0 Å². The molecule has 3 aromatic rings. The number of fused-ring (bicyclic) bond motifs is 2. The van der Waals surface area contributed by atoms with E-state index in [1.807, 2.05) is 17.5 Å². The Bertz CT molecular complexity index is 1160. The van der Waals surface area contributed by atoms with Crippen LogP contribution in [0.1, 0.15) is 5.56 Å². The fraction of sp³-hybridized carbons (Fsp3) is 0.190. The van der Waals surface area contributed by atoms with E-state index < -0.39 is 0 Å². The maximum Gasteiger partial charge on any atom is 0.265 e. The van der Waals surface area contributed by atoms with Crippen molar-refractivity contribution in [1.82, 2.24) is 4.98 Å². The number of hydrogen-bond acceptors (Lipinski definition) is 6. The molecule has 7 nitrogen and oxygen atoms in total. The Morgan fingerprint density at radius 1 is 1.20 bits per heavy atom. The van der Waals surface area contributed by atoms with Gasteiger partial charge in [0.25, 0.3) is 5.91 Å². The number of halogens is 1. The van der Waals surface area contributed by atoms with Crippen molar-refractivity contribution in [2.75, 3.05) is 30.0 Å². The van der Waals surface area contributed by atoms with Crippen LogP contribution in [-0.4, -0.2) is 36.6 Å². The average molecular weight is 442 g/mol. The fourth-order valence-corrected chi connectivity index (χ4v) is 4.36. The maximum atomic E-state index is 12.6. The number of aromatic nitrogens is 1. The highest BCUT2D eigenvalue weighted by molar-refractivity contribution is 7.14. The van der Waals surface area contributed by atoms with Gasteiger partial charge in [-0.25, -0.2) is 4.98 Å². The second kappa shape index (κ2) is 7.62. The first kappa shape index (κ1) is 18.9. The standard InChI is InChI=1S/C21H16ClN3O4S/c22-14-2-4-18-16(8-14)25(20(27)10-29-18)9-19(26)24-21-23-15(11-30-21)12-1-3-17-13(7-12)5-6-28-17/h1-4,7-8,11H,5-6,9-10H2,(H,23,24,26). The van der Waals surface area contributed by atoms with E-state index in [1.165, 1.54) is 16.2 Å². The number of rotatable bonds is 4. The number of amides is 2. The summed E-state index contributed by atoms with van der Waals surface area (Å²) < 4.78 is 10.9. The second-order valence-electron chi connectivity index (χ2n) is 6.89. The predicted molar refractivity (Wildman–Crippen MR) is 115 cm³/mol. The Morgan fingerprint density at radius 3 is 2.97 bits per heavy atom. The third-order valence-electron chi connectivity index (χ3n) is 4.90. The molecule has 0 aliphatic carbocycles. The van der Waals surface area contributed by atoms with Crippen molar-refractivity contribution < 1.29 is 19.1 Å². The van der Waals surface area contributed by atoms with Crippen molar-refractivity contribution in [2.24, 2.45) is 0 Å². The highest BCUT2D eigenvalue weighted by atomic mass is 35.5. The number of hydrogen-bond donors (Lipinski definition) is 1. The minimum atomic E-state index is -0.348. The van der Waals surface area contributed by atoms with E-state index in [0.717, 1.165) is 29.0 Å². The molecule has 5 rings (SSSR count). The van der Waals surface area contributed by atoms with E-state index in [0.29, 0.717) is 28.2 Å². The Morgan fingerprint density at radius 2 is 2.07 bits per heavy atom.